The van der Waals surface area contributed by atoms with E-state index in [0.29, 0.717) is 25.1 Å². The molecule has 2 aliphatic rings. The number of nitrogens with one attached hydrogen (secondary N) is 2. The summed E-state index contributed by atoms with van der Waals surface area (Å²) in [6.07, 6.45) is 7.81. The van der Waals surface area contributed by atoms with Crippen molar-refractivity contribution in [3.8, 4) is 5.75 Å². The third-order valence-electron chi connectivity index (χ3n) is 5.57. The number of ether oxygens (including phenoxy) is 1. The second-order valence-electron chi connectivity index (χ2n) is 7.78. The fourth-order valence-corrected chi connectivity index (χ4v) is 3.89. The minimum Gasteiger partial charge on any atom is -0.492 e. The summed E-state index contributed by atoms with van der Waals surface area (Å²) in [5.74, 6) is 1.58. The summed E-state index contributed by atoms with van der Waals surface area (Å²) in [5.41, 5.74) is 2.48. The highest BCUT2D eigenvalue weighted by Crippen LogP contribution is 2.26. The van der Waals surface area contributed by atoms with Crippen LogP contribution in [0.25, 0.3) is 0 Å². The molecular formula is C23H28N4O3. The predicted octanol–water partition coefficient (Wildman–Crippen LogP) is 3.16. The maximum atomic E-state index is 12.4. The molecule has 30 heavy (non-hydrogen) atoms. The number of benzene rings is 1. The highest BCUT2D eigenvalue weighted by Gasteiger charge is 2.15. The maximum absolute atomic E-state index is 12.4. The van der Waals surface area contributed by atoms with Gasteiger partial charge < -0.3 is 20.3 Å². The monoisotopic (exact) mass is 408 g/mol. The van der Waals surface area contributed by atoms with Crippen molar-refractivity contribution >= 4 is 23.3 Å². The third-order valence-corrected chi connectivity index (χ3v) is 5.57. The van der Waals surface area contributed by atoms with Crippen LogP contribution in [-0.2, 0) is 11.2 Å². The zero-order valence-corrected chi connectivity index (χ0v) is 17.2. The van der Waals surface area contributed by atoms with Crippen molar-refractivity contribution in [1.82, 2.24) is 10.3 Å². The standard InChI is InChI=1S/C23H28N4O3/c28-22-10-6-17-15-19(7-8-20(17)26-22)30-14-11-24-23(29)18-5-9-21(25-16-18)27-12-3-1-2-4-13-27/h5,7-9,15-16H,1-4,6,10-14H2,(H,24,29)(H,26,28). The largest absolute Gasteiger partial charge is 0.492 e. The van der Waals surface area contributed by atoms with Gasteiger partial charge >= 0.3 is 0 Å². The molecule has 0 radical (unpaired) electrons. The van der Waals surface area contributed by atoms with E-state index in [1.54, 1.807) is 6.20 Å². The first-order chi connectivity index (χ1) is 14.7. The highest BCUT2D eigenvalue weighted by molar-refractivity contribution is 5.94. The van der Waals surface area contributed by atoms with E-state index < -0.39 is 0 Å². The predicted molar refractivity (Wildman–Crippen MR) is 116 cm³/mol. The summed E-state index contributed by atoms with van der Waals surface area (Å²) in [6, 6.07) is 9.40. The minimum absolute atomic E-state index is 0.0489. The number of aryl methyl sites for hydroxylation is 1. The first kappa shape index (κ1) is 20.2. The highest BCUT2D eigenvalue weighted by atomic mass is 16.5. The van der Waals surface area contributed by atoms with Crippen molar-refractivity contribution in [3.05, 3.63) is 47.7 Å². The van der Waals surface area contributed by atoms with Crippen molar-refractivity contribution in [2.75, 3.05) is 36.5 Å². The molecule has 2 N–H and O–H groups in total. The van der Waals surface area contributed by atoms with Gasteiger partial charge in [-0.2, -0.15) is 0 Å². The minimum atomic E-state index is -0.151. The lowest BCUT2D eigenvalue weighted by Gasteiger charge is -2.21. The molecule has 0 bridgehead atoms. The second kappa shape index (κ2) is 9.61. The Bertz CT molecular complexity index is 890. The molecule has 4 rings (SSSR count). The van der Waals surface area contributed by atoms with Crippen molar-refractivity contribution in [2.45, 2.75) is 38.5 Å². The average molecular weight is 409 g/mol. The number of aromatic nitrogens is 1. The molecule has 0 saturated carbocycles. The zero-order chi connectivity index (χ0) is 20.8. The lowest BCUT2D eigenvalue weighted by atomic mass is 10.0. The molecule has 2 aliphatic heterocycles. The molecule has 0 spiro atoms. The van der Waals surface area contributed by atoms with Crippen molar-refractivity contribution in [1.29, 1.82) is 0 Å². The van der Waals surface area contributed by atoms with Gasteiger partial charge in [-0.3, -0.25) is 9.59 Å². The Hall–Kier alpha value is -3.09. The number of nitrogens with zero attached hydrogens (tertiary/aromatic N) is 2. The van der Waals surface area contributed by atoms with Gasteiger partial charge in [0, 0.05) is 31.4 Å². The van der Waals surface area contributed by atoms with Gasteiger partial charge in [-0.25, -0.2) is 4.98 Å². The van der Waals surface area contributed by atoms with Gasteiger partial charge in [-0.05, 0) is 55.2 Å². The van der Waals surface area contributed by atoms with Crippen LogP contribution in [0, 0.1) is 0 Å². The molecular weight excluding hydrogens is 380 g/mol. The van der Waals surface area contributed by atoms with Crippen LogP contribution in [0.4, 0.5) is 11.5 Å². The first-order valence-corrected chi connectivity index (χ1v) is 10.7. The van der Waals surface area contributed by atoms with Crippen LogP contribution in [0.1, 0.15) is 48.0 Å². The average Bonchev–Trinajstić information content (AvgIpc) is 3.06. The topological polar surface area (TPSA) is 83.6 Å². The summed E-state index contributed by atoms with van der Waals surface area (Å²) in [5, 5.41) is 5.73. The van der Waals surface area contributed by atoms with Crippen LogP contribution in [0.2, 0.25) is 0 Å². The van der Waals surface area contributed by atoms with Gasteiger partial charge in [0.05, 0.1) is 12.1 Å². The Kier molecular flexibility index (Phi) is 6.47. The SMILES string of the molecule is O=C1CCc2cc(OCCNC(=O)c3ccc(N4CCCCCC4)nc3)ccc2N1. The Morgan fingerprint density at radius 3 is 2.70 bits per heavy atom. The summed E-state index contributed by atoms with van der Waals surface area (Å²) in [4.78, 5) is 30.6. The van der Waals surface area contributed by atoms with Gasteiger partial charge in [0.15, 0.2) is 0 Å². The summed E-state index contributed by atoms with van der Waals surface area (Å²) in [6.45, 7) is 2.84. The number of rotatable bonds is 6. The molecule has 0 atom stereocenters. The molecule has 1 aromatic heterocycles. The van der Waals surface area contributed by atoms with Crippen LogP contribution in [0.15, 0.2) is 36.5 Å². The van der Waals surface area contributed by atoms with Crippen LogP contribution >= 0.6 is 0 Å². The van der Waals surface area contributed by atoms with E-state index in [1.807, 2.05) is 30.3 Å². The normalized spacial score (nSPS) is 16.3. The molecule has 7 heteroatoms. The molecule has 3 heterocycles. The van der Waals surface area contributed by atoms with Gasteiger partial charge in [0.1, 0.15) is 18.2 Å². The Labute approximate surface area is 176 Å². The van der Waals surface area contributed by atoms with Crippen molar-refractivity contribution < 1.29 is 14.3 Å². The van der Waals surface area contributed by atoms with Gasteiger partial charge in [0.2, 0.25) is 5.91 Å². The molecule has 7 nitrogen and oxygen atoms in total. The van der Waals surface area contributed by atoms with E-state index in [9.17, 15) is 9.59 Å². The number of hydrogen-bond acceptors (Lipinski definition) is 5. The zero-order valence-electron chi connectivity index (χ0n) is 17.2. The van der Waals surface area contributed by atoms with Crippen LogP contribution in [0.5, 0.6) is 5.75 Å². The fourth-order valence-electron chi connectivity index (χ4n) is 3.89. The molecule has 0 unspecified atom stereocenters. The number of carbonyl (C=O) groups is 2. The van der Waals surface area contributed by atoms with E-state index in [1.165, 1.54) is 25.7 Å². The van der Waals surface area contributed by atoms with Crippen molar-refractivity contribution in [2.24, 2.45) is 0 Å². The van der Waals surface area contributed by atoms with Gasteiger partial charge in [0.25, 0.3) is 5.91 Å². The number of pyridine rings is 1. The smallest absolute Gasteiger partial charge is 0.252 e. The van der Waals surface area contributed by atoms with E-state index >= 15 is 0 Å². The van der Waals surface area contributed by atoms with Gasteiger partial charge in [-0.15, -0.1) is 0 Å². The van der Waals surface area contributed by atoms with E-state index in [0.717, 1.165) is 42.3 Å². The lowest BCUT2D eigenvalue weighted by molar-refractivity contribution is -0.116. The Morgan fingerprint density at radius 1 is 1.10 bits per heavy atom. The van der Waals surface area contributed by atoms with Crippen LogP contribution in [0.3, 0.4) is 0 Å². The summed E-state index contributed by atoms with van der Waals surface area (Å²) in [7, 11) is 0. The molecule has 2 amide bonds. The van der Waals surface area contributed by atoms with E-state index in [2.05, 4.69) is 20.5 Å². The molecule has 1 saturated heterocycles. The number of fused-ring (bicyclic) bond motifs is 1. The van der Waals surface area contributed by atoms with Crippen LogP contribution < -0.4 is 20.3 Å². The lowest BCUT2D eigenvalue weighted by Crippen LogP contribution is -2.29. The summed E-state index contributed by atoms with van der Waals surface area (Å²) < 4.78 is 5.75. The number of carbonyl (C=O) groups excluding carboxylic acids is 2. The summed E-state index contributed by atoms with van der Waals surface area (Å²) >= 11 is 0. The Balaban J connectivity index is 1.23. The number of hydrogen-bond donors (Lipinski definition) is 2. The molecule has 158 valence electrons. The maximum Gasteiger partial charge on any atom is 0.252 e. The molecule has 2 aromatic rings. The van der Waals surface area contributed by atoms with Crippen LogP contribution in [-0.4, -0.2) is 43.0 Å². The molecule has 1 aromatic carbocycles. The van der Waals surface area contributed by atoms with Gasteiger partial charge in [-0.1, -0.05) is 12.8 Å². The third kappa shape index (κ3) is 5.09. The van der Waals surface area contributed by atoms with Crippen molar-refractivity contribution in [3.63, 3.8) is 0 Å². The molecule has 1 fully saturated rings. The quantitative estimate of drug-likeness (QED) is 0.718. The first-order valence-electron chi connectivity index (χ1n) is 10.7. The number of anilines is 2. The fraction of sp³-hybridized carbons (Fsp3) is 0.435. The number of amides is 2. The Morgan fingerprint density at radius 2 is 1.93 bits per heavy atom. The molecule has 0 aliphatic carbocycles. The second-order valence-corrected chi connectivity index (χ2v) is 7.78. The van der Waals surface area contributed by atoms with E-state index in [-0.39, 0.29) is 11.8 Å². The van der Waals surface area contributed by atoms with E-state index in [4.69, 9.17) is 4.74 Å².